The molecule has 0 aliphatic heterocycles. The summed E-state index contributed by atoms with van der Waals surface area (Å²) >= 11 is 0. The molecule has 1 aliphatic rings. The zero-order valence-corrected chi connectivity index (χ0v) is 9.55. The Labute approximate surface area is 91.5 Å². The summed E-state index contributed by atoms with van der Waals surface area (Å²) in [7, 11) is 0. The summed E-state index contributed by atoms with van der Waals surface area (Å²) in [5.41, 5.74) is 4.10. The van der Waals surface area contributed by atoms with Gasteiger partial charge in [0, 0.05) is 12.8 Å². The van der Waals surface area contributed by atoms with Gasteiger partial charge in [-0.2, -0.15) is 0 Å². The van der Waals surface area contributed by atoms with Gasteiger partial charge >= 0.3 is 0 Å². The summed E-state index contributed by atoms with van der Waals surface area (Å²) < 4.78 is 0. The monoisotopic (exact) mass is 202 g/mol. The van der Waals surface area contributed by atoms with Crippen LogP contribution in [0.5, 0.6) is 0 Å². The van der Waals surface area contributed by atoms with Crippen LogP contribution in [-0.2, 0) is 4.79 Å². The van der Waals surface area contributed by atoms with Crippen molar-refractivity contribution in [3.8, 4) is 0 Å². The lowest BCUT2D eigenvalue weighted by atomic mass is 9.82. The van der Waals surface area contributed by atoms with Crippen molar-refractivity contribution in [3.63, 3.8) is 0 Å². The SMILES string of the molecule is Cc1cc(C)cc(C2CCC(=O)CC2)c1. The largest absolute Gasteiger partial charge is 0.300 e. The van der Waals surface area contributed by atoms with Crippen LogP contribution in [0.25, 0.3) is 0 Å². The first-order valence-electron chi connectivity index (χ1n) is 5.75. The van der Waals surface area contributed by atoms with E-state index < -0.39 is 0 Å². The first-order valence-corrected chi connectivity index (χ1v) is 5.75. The molecule has 80 valence electrons. The highest BCUT2D eigenvalue weighted by Gasteiger charge is 2.20. The van der Waals surface area contributed by atoms with Crippen LogP contribution < -0.4 is 0 Å². The first-order chi connectivity index (χ1) is 7.15. The van der Waals surface area contributed by atoms with Crippen LogP contribution in [0.2, 0.25) is 0 Å². The molecule has 1 aromatic rings. The average molecular weight is 202 g/mol. The summed E-state index contributed by atoms with van der Waals surface area (Å²) in [4.78, 5) is 11.2. The smallest absolute Gasteiger partial charge is 0.132 e. The molecule has 1 aromatic carbocycles. The number of ketones is 1. The van der Waals surface area contributed by atoms with Crippen molar-refractivity contribution in [2.24, 2.45) is 0 Å². The molecule has 0 unspecified atom stereocenters. The van der Waals surface area contributed by atoms with Crippen molar-refractivity contribution in [1.82, 2.24) is 0 Å². The molecule has 2 rings (SSSR count). The molecular formula is C14H18O. The van der Waals surface area contributed by atoms with E-state index in [0.29, 0.717) is 11.7 Å². The molecule has 15 heavy (non-hydrogen) atoms. The van der Waals surface area contributed by atoms with Crippen LogP contribution in [0, 0.1) is 13.8 Å². The van der Waals surface area contributed by atoms with Crippen molar-refractivity contribution < 1.29 is 4.79 Å². The summed E-state index contributed by atoms with van der Waals surface area (Å²) in [6.45, 7) is 4.29. The normalized spacial score (nSPS) is 18.1. The van der Waals surface area contributed by atoms with Gasteiger partial charge in [0.1, 0.15) is 5.78 Å². The van der Waals surface area contributed by atoms with Gasteiger partial charge in [0.2, 0.25) is 0 Å². The number of benzene rings is 1. The summed E-state index contributed by atoms with van der Waals surface area (Å²) in [6, 6.07) is 6.75. The van der Waals surface area contributed by atoms with Gasteiger partial charge in [0.15, 0.2) is 0 Å². The third-order valence-electron chi connectivity index (χ3n) is 3.26. The van der Waals surface area contributed by atoms with E-state index in [1.165, 1.54) is 16.7 Å². The van der Waals surface area contributed by atoms with E-state index in [9.17, 15) is 4.79 Å². The molecule has 1 heteroatoms. The van der Waals surface area contributed by atoms with Crippen LogP contribution in [0.15, 0.2) is 18.2 Å². The maximum atomic E-state index is 11.2. The second-order valence-electron chi connectivity index (χ2n) is 4.73. The van der Waals surface area contributed by atoms with Gasteiger partial charge in [-0.05, 0) is 38.2 Å². The van der Waals surface area contributed by atoms with E-state index in [1.54, 1.807) is 0 Å². The molecule has 1 saturated carbocycles. The van der Waals surface area contributed by atoms with Crippen molar-refractivity contribution in [3.05, 3.63) is 34.9 Å². The van der Waals surface area contributed by atoms with Gasteiger partial charge in [-0.3, -0.25) is 4.79 Å². The van der Waals surface area contributed by atoms with E-state index in [2.05, 4.69) is 32.0 Å². The number of hydrogen-bond acceptors (Lipinski definition) is 1. The van der Waals surface area contributed by atoms with Crippen LogP contribution in [0.4, 0.5) is 0 Å². The minimum atomic E-state index is 0.440. The summed E-state index contributed by atoms with van der Waals surface area (Å²) in [5, 5.41) is 0. The summed E-state index contributed by atoms with van der Waals surface area (Å²) in [5.74, 6) is 1.05. The Balaban J connectivity index is 2.18. The lowest BCUT2D eigenvalue weighted by Crippen LogP contribution is -2.12. The fraction of sp³-hybridized carbons (Fsp3) is 0.500. The molecule has 1 nitrogen and oxygen atoms in total. The minimum absolute atomic E-state index is 0.440. The Bertz CT molecular complexity index is 349. The zero-order valence-electron chi connectivity index (χ0n) is 9.55. The van der Waals surface area contributed by atoms with Gasteiger partial charge in [-0.25, -0.2) is 0 Å². The molecule has 0 spiro atoms. The molecule has 1 aliphatic carbocycles. The number of aryl methyl sites for hydroxylation is 2. The Kier molecular flexibility index (Phi) is 2.90. The number of hydrogen-bond donors (Lipinski definition) is 0. The van der Waals surface area contributed by atoms with Crippen molar-refractivity contribution in [2.75, 3.05) is 0 Å². The predicted molar refractivity (Wildman–Crippen MR) is 62.1 cm³/mol. The number of carbonyl (C=O) groups excluding carboxylic acids is 1. The minimum Gasteiger partial charge on any atom is -0.300 e. The lowest BCUT2D eigenvalue weighted by molar-refractivity contribution is -0.120. The van der Waals surface area contributed by atoms with Crippen LogP contribution in [0.1, 0.15) is 48.3 Å². The Morgan fingerprint density at radius 3 is 2.07 bits per heavy atom. The Morgan fingerprint density at radius 1 is 1.00 bits per heavy atom. The second kappa shape index (κ2) is 4.18. The topological polar surface area (TPSA) is 17.1 Å². The zero-order chi connectivity index (χ0) is 10.8. The molecule has 0 N–H and O–H groups in total. The molecular weight excluding hydrogens is 184 g/mol. The molecule has 0 aromatic heterocycles. The van der Waals surface area contributed by atoms with Crippen LogP contribution in [-0.4, -0.2) is 5.78 Å². The molecule has 0 amide bonds. The maximum Gasteiger partial charge on any atom is 0.132 e. The number of carbonyl (C=O) groups is 1. The van der Waals surface area contributed by atoms with Gasteiger partial charge in [0.05, 0.1) is 0 Å². The third-order valence-corrected chi connectivity index (χ3v) is 3.26. The maximum absolute atomic E-state index is 11.2. The number of rotatable bonds is 1. The van der Waals surface area contributed by atoms with Crippen LogP contribution in [0.3, 0.4) is 0 Å². The highest BCUT2D eigenvalue weighted by Crippen LogP contribution is 2.31. The lowest BCUT2D eigenvalue weighted by Gasteiger charge is -2.22. The van der Waals surface area contributed by atoms with Gasteiger partial charge in [-0.1, -0.05) is 29.3 Å². The second-order valence-corrected chi connectivity index (χ2v) is 4.73. The van der Waals surface area contributed by atoms with E-state index in [1.807, 2.05) is 0 Å². The van der Waals surface area contributed by atoms with Crippen molar-refractivity contribution >= 4 is 5.78 Å². The molecule has 0 atom stereocenters. The van der Waals surface area contributed by atoms with Crippen molar-refractivity contribution in [1.29, 1.82) is 0 Å². The molecule has 0 heterocycles. The molecule has 1 fully saturated rings. The van der Waals surface area contributed by atoms with E-state index >= 15 is 0 Å². The van der Waals surface area contributed by atoms with E-state index in [4.69, 9.17) is 0 Å². The van der Waals surface area contributed by atoms with Gasteiger partial charge < -0.3 is 0 Å². The van der Waals surface area contributed by atoms with Crippen molar-refractivity contribution in [2.45, 2.75) is 45.4 Å². The van der Waals surface area contributed by atoms with E-state index in [-0.39, 0.29) is 0 Å². The highest BCUT2D eigenvalue weighted by atomic mass is 16.1. The van der Waals surface area contributed by atoms with Gasteiger partial charge in [0.25, 0.3) is 0 Å². The third kappa shape index (κ3) is 2.47. The standard InChI is InChI=1S/C14H18O/c1-10-7-11(2)9-13(8-10)12-3-5-14(15)6-4-12/h7-9,12H,3-6H2,1-2H3. The molecule has 0 saturated heterocycles. The average Bonchev–Trinajstić information content (AvgIpc) is 2.17. The quantitative estimate of drug-likeness (QED) is 0.681. The Morgan fingerprint density at radius 2 is 1.53 bits per heavy atom. The van der Waals surface area contributed by atoms with Crippen LogP contribution >= 0.6 is 0 Å². The molecule has 0 radical (unpaired) electrons. The number of Topliss-reactive ketones (excluding diaryl/α,β-unsaturated/α-hetero) is 1. The Hall–Kier alpha value is -1.11. The van der Waals surface area contributed by atoms with Gasteiger partial charge in [-0.15, -0.1) is 0 Å². The predicted octanol–water partition coefficient (Wildman–Crippen LogP) is 3.53. The van der Waals surface area contributed by atoms with E-state index in [0.717, 1.165) is 25.7 Å². The summed E-state index contributed by atoms with van der Waals surface area (Å²) in [6.07, 6.45) is 3.64. The first kappa shape index (κ1) is 10.4. The molecule has 0 bridgehead atoms. The highest BCUT2D eigenvalue weighted by molar-refractivity contribution is 5.79. The fourth-order valence-corrected chi connectivity index (χ4v) is 2.52. The fourth-order valence-electron chi connectivity index (χ4n) is 2.52.